The number of fused-ring (bicyclic) bond motifs is 8. The molecule has 1 heterocycles. The largest absolute Gasteiger partial charge is 0.311 e. The zero-order valence-corrected chi connectivity index (χ0v) is 40.8. The van der Waals surface area contributed by atoms with Crippen molar-refractivity contribution in [2.75, 3.05) is 4.90 Å². The summed E-state index contributed by atoms with van der Waals surface area (Å²) in [4.78, 5) is 2.32. The quantitative estimate of drug-likeness (QED) is 0.138. The third kappa shape index (κ3) is 6.94. The number of hydrogen-bond acceptors (Lipinski definition) is 1. The van der Waals surface area contributed by atoms with Gasteiger partial charge in [-0.25, -0.2) is 0 Å². The van der Waals surface area contributed by atoms with Crippen molar-refractivity contribution in [3.8, 4) is 61.3 Å². The molecule has 0 spiro atoms. The highest BCUT2D eigenvalue weighted by Crippen LogP contribution is 2.50. The summed E-state index contributed by atoms with van der Waals surface area (Å²) in [5, 5.41) is 7.48. The molecular formula is C71H50N2. The van der Waals surface area contributed by atoms with Gasteiger partial charge in [0.2, 0.25) is 0 Å². The van der Waals surface area contributed by atoms with Crippen LogP contribution in [-0.4, -0.2) is 4.57 Å². The first-order valence-electron chi connectivity index (χ1n) is 25.4. The number of anilines is 3. The molecule has 0 unspecified atom stereocenters. The zero-order valence-electron chi connectivity index (χ0n) is 40.8. The van der Waals surface area contributed by atoms with E-state index in [2.05, 4.69) is 290 Å². The molecule has 0 amide bonds. The molecule has 1 aromatic heterocycles. The van der Waals surface area contributed by atoms with Crippen LogP contribution in [0.15, 0.2) is 267 Å². The number of benzene rings is 12. The van der Waals surface area contributed by atoms with E-state index in [-0.39, 0.29) is 5.41 Å². The van der Waals surface area contributed by atoms with Gasteiger partial charge in [-0.05, 0) is 167 Å². The molecule has 2 heteroatoms. The highest BCUT2D eigenvalue weighted by Gasteiger charge is 2.35. The van der Waals surface area contributed by atoms with E-state index >= 15 is 0 Å². The number of hydrogen-bond donors (Lipinski definition) is 0. The van der Waals surface area contributed by atoms with E-state index in [1.165, 1.54) is 110 Å². The second-order valence-corrected chi connectivity index (χ2v) is 20.0. The lowest BCUT2D eigenvalue weighted by atomic mass is 9.81. The fourth-order valence-corrected chi connectivity index (χ4v) is 12.1. The SMILES string of the molecule is CC1(C)c2ccccc2-c2ccc(-c3ccc4c(c3)c3cc(-c5ccc(N(c6ccccc6)c6ccccc6)cc5)ccc3n4-c3ccc(-c4c5ccccc5c(-c5ccccc5)c5ccccc45)cc3)cc21. The Kier molecular flexibility index (Phi) is 9.91. The predicted octanol–water partition coefficient (Wildman–Crippen LogP) is 19.5. The van der Waals surface area contributed by atoms with E-state index < -0.39 is 0 Å². The van der Waals surface area contributed by atoms with Gasteiger partial charge in [-0.3, -0.25) is 0 Å². The third-order valence-corrected chi connectivity index (χ3v) is 15.6. The summed E-state index contributed by atoms with van der Waals surface area (Å²) >= 11 is 0. The molecule has 1 aliphatic carbocycles. The van der Waals surface area contributed by atoms with Gasteiger partial charge in [0, 0.05) is 38.9 Å². The first-order chi connectivity index (χ1) is 36.0. The van der Waals surface area contributed by atoms with Crippen molar-refractivity contribution >= 4 is 60.4 Å². The van der Waals surface area contributed by atoms with Crippen LogP contribution in [0.25, 0.3) is 105 Å². The lowest BCUT2D eigenvalue weighted by Gasteiger charge is -2.25. The van der Waals surface area contributed by atoms with Crippen LogP contribution < -0.4 is 4.90 Å². The minimum atomic E-state index is -0.0829. The minimum Gasteiger partial charge on any atom is -0.311 e. The van der Waals surface area contributed by atoms with Gasteiger partial charge in [-0.1, -0.05) is 202 Å². The Hall–Kier alpha value is -9.24. The average Bonchev–Trinajstić information content (AvgIpc) is 3.90. The Morgan fingerprint density at radius 2 is 0.685 bits per heavy atom. The lowest BCUT2D eigenvalue weighted by Crippen LogP contribution is -2.14. The summed E-state index contributed by atoms with van der Waals surface area (Å²) in [6, 6.07) is 98.3. The Morgan fingerprint density at radius 1 is 0.288 bits per heavy atom. The normalized spacial score (nSPS) is 12.6. The van der Waals surface area contributed by atoms with E-state index in [0.717, 1.165) is 22.7 Å². The average molecular weight is 931 g/mol. The fourth-order valence-electron chi connectivity index (χ4n) is 12.1. The maximum Gasteiger partial charge on any atom is 0.0541 e. The van der Waals surface area contributed by atoms with Crippen molar-refractivity contribution in [2.24, 2.45) is 0 Å². The standard InChI is InChI=1S/C71H50N2/c1-71(2)65-29-17-16-24-57(65)58-41-34-52(46-66(58)71)51-36-43-68-64(45-51)63-44-50(47-30-37-55(38-31-47)72(53-20-8-4-9-21-53)54-22-10-5-11-23-54)35-42-67(63)73(68)56-39-32-49(33-40-56)70-61-27-14-12-25-59(61)69(48-18-6-3-7-19-48)60-26-13-15-28-62(60)70/h3-46H,1-2H3. The first kappa shape index (κ1) is 42.6. The van der Waals surface area contributed by atoms with Crippen molar-refractivity contribution < 1.29 is 0 Å². The molecule has 0 atom stereocenters. The number of nitrogens with zero attached hydrogens (tertiary/aromatic N) is 2. The Balaban J connectivity index is 0.912. The first-order valence-corrected chi connectivity index (χ1v) is 25.4. The van der Waals surface area contributed by atoms with Gasteiger partial charge in [0.1, 0.15) is 0 Å². The Morgan fingerprint density at radius 3 is 1.25 bits per heavy atom. The van der Waals surface area contributed by atoms with E-state index in [0.29, 0.717) is 0 Å². The molecule has 12 aromatic carbocycles. The number of aromatic nitrogens is 1. The van der Waals surface area contributed by atoms with Crippen LogP contribution in [0.2, 0.25) is 0 Å². The van der Waals surface area contributed by atoms with Crippen molar-refractivity contribution in [3.05, 3.63) is 278 Å². The summed E-state index contributed by atoms with van der Waals surface area (Å²) in [5.41, 5.74) is 22.0. The topological polar surface area (TPSA) is 8.17 Å². The van der Waals surface area contributed by atoms with Crippen molar-refractivity contribution in [1.29, 1.82) is 0 Å². The molecule has 73 heavy (non-hydrogen) atoms. The molecular weight excluding hydrogens is 881 g/mol. The van der Waals surface area contributed by atoms with E-state index in [9.17, 15) is 0 Å². The van der Waals surface area contributed by atoms with E-state index in [1.54, 1.807) is 0 Å². The number of rotatable bonds is 8. The molecule has 0 saturated heterocycles. The van der Waals surface area contributed by atoms with Crippen LogP contribution in [0.3, 0.4) is 0 Å². The predicted molar refractivity (Wildman–Crippen MR) is 310 cm³/mol. The molecule has 14 rings (SSSR count). The highest BCUT2D eigenvalue weighted by atomic mass is 15.1. The molecule has 0 aliphatic heterocycles. The molecule has 344 valence electrons. The zero-order chi connectivity index (χ0) is 48.6. The molecule has 0 fully saturated rings. The van der Waals surface area contributed by atoms with Crippen LogP contribution in [0.1, 0.15) is 25.0 Å². The van der Waals surface area contributed by atoms with E-state index in [1.807, 2.05) is 0 Å². The van der Waals surface area contributed by atoms with Gasteiger partial charge in [0.05, 0.1) is 11.0 Å². The molecule has 2 nitrogen and oxygen atoms in total. The van der Waals surface area contributed by atoms with Crippen molar-refractivity contribution in [2.45, 2.75) is 19.3 Å². The Bertz CT molecular complexity index is 4150. The molecule has 13 aromatic rings. The van der Waals surface area contributed by atoms with Gasteiger partial charge in [-0.15, -0.1) is 0 Å². The van der Waals surface area contributed by atoms with Crippen LogP contribution in [-0.2, 0) is 5.41 Å². The van der Waals surface area contributed by atoms with Gasteiger partial charge in [0.15, 0.2) is 0 Å². The summed E-state index contributed by atoms with van der Waals surface area (Å²) in [7, 11) is 0. The molecule has 0 bridgehead atoms. The smallest absolute Gasteiger partial charge is 0.0541 e. The molecule has 0 N–H and O–H groups in total. The second kappa shape index (κ2) is 17.0. The van der Waals surface area contributed by atoms with Gasteiger partial charge in [0.25, 0.3) is 0 Å². The third-order valence-electron chi connectivity index (χ3n) is 15.6. The van der Waals surface area contributed by atoms with Crippen molar-refractivity contribution in [1.82, 2.24) is 4.57 Å². The monoisotopic (exact) mass is 930 g/mol. The molecule has 1 aliphatic rings. The van der Waals surface area contributed by atoms with Crippen molar-refractivity contribution in [3.63, 3.8) is 0 Å². The van der Waals surface area contributed by atoms with Crippen LogP contribution in [0.4, 0.5) is 17.1 Å². The maximum atomic E-state index is 2.46. The Labute approximate surface area is 426 Å². The fraction of sp³-hybridized carbons (Fsp3) is 0.0423. The molecule has 0 saturated carbocycles. The van der Waals surface area contributed by atoms with Crippen LogP contribution >= 0.6 is 0 Å². The summed E-state index contributed by atoms with van der Waals surface area (Å²) in [6.07, 6.45) is 0. The van der Waals surface area contributed by atoms with E-state index in [4.69, 9.17) is 0 Å². The second-order valence-electron chi connectivity index (χ2n) is 20.0. The maximum absolute atomic E-state index is 2.46. The van der Waals surface area contributed by atoms with Gasteiger partial charge >= 0.3 is 0 Å². The number of para-hydroxylation sites is 2. The minimum absolute atomic E-state index is 0.0829. The van der Waals surface area contributed by atoms with Gasteiger partial charge in [-0.2, -0.15) is 0 Å². The van der Waals surface area contributed by atoms with Crippen LogP contribution in [0, 0.1) is 0 Å². The summed E-state index contributed by atoms with van der Waals surface area (Å²) in [5.74, 6) is 0. The summed E-state index contributed by atoms with van der Waals surface area (Å²) in [6.45, 7) is 4.73. The molecule has 0 radical (unpaired) electrons. The lowest BCUT2D eigenvalue weighted by molar-refractivity contribution is 0.660. The summed E-state index contributed by atoms with van der Waals surface area (Å²) < 4.78 is 2.46. The van der Waals surface area contributed by atoms with Crippen LogP contribution in [0.5, 0.6) is 0 Å². The van der Waals surface area contributed by atoms with Gasteiger partial charge < -0.3 is 9.47 Å². The highest BCUT2D eigenvalue weighted by molar-refractivity contribution is 6.21.